The molecule has 0 N–H and O–H groups in total. The maximum absolute atomic E-state index is 4.50. The molecule has 10 aromatic rings. The Kier molecular flexibility index (Phi) is 8.31. The van der Waals surface area contributed by atoms with Crippen molar-refractivity contribution >= 4 is 84.1 Å². The van der Waals surface area contributed by atoms with Crippen LogP contribution in [-0.2, 0) is 5.41 Å². The Bertz CT molecular complexity index is 3660. The van der Waals surface area contributed by atoms with Crippen molar-refractivity contribution in [3.63, 3.8) is 0 Å². The second-order valence-corrected chi connectivity index (χ2v) is 17.0. The van der Waals surface area contributed by atoms with Crippen LogP contribution >= 0.6 is 0 Å². The van der Waals surface area contributed by atoms with Crippen molar-refractivity contribution in [3.8, 4) is 22.5 Å². The molecule has 292 valence electrons. The maximum Gasteiger partial charge on any atom is 0.0544 e. The van der Waals surface area contributed by atoms with E-state index in [1.807, 2.05) is 6.08 Å². The van der Waals surface area contributed by atoms with E-state index in [0.717, 1.165) is 17.1 Å². The summed E-state index contributed by atoms with van der Waals surface area (Å²) in [7, 11) is 0. The molecule has 2 heteroatoms. The lowest BCUT2D eigenvalue weighted by Gasteiger charge is -2.21. The molecule has 2 heterocycles. The number of hydrogen-bond acceptors (Lipinski definition) is 0. The van der Waals surface area contributed by atoms with Crippen LogP contribution in [-0.4, -0.2) is 9.13 Å². The van der Waals surface area contributed by atoms with Gasteiger partial charge in [-0.3, -0.25) is 0 Å². The summed E-state index contributed by atoms with van der Waals surface area (Å²) in [6, 6.07) is 56.0. The Morgan fingerprint density at radius 2 is 1.23 bits per heavy atom. The summed E-state index contributed by atoms with van der Waals surface area (Å²) in [6.45, 7) is 17.7. The molecule has 2 nitrogen and oxygen atoms in total. The summed E-state index contributed by atoms with van der Waals surface area (Å²) in [6.07, 6.45) is 10.7. The minimum absolute atomic E-state index is 0.145. The van der Waals surface area contributed by atoms with Gasteiger partial charge in [0, 0.05) is 38.5 Å². The second-order valence-electron chi connectivity index (χ2n) is 17.0. The van der Waals surface area contributed by atoms with Crippen molar-refractivity contribution < 1.29 is 0 Å². The highest BCUT2D eigenvalue weighted by Crippen LogP contribution is 2.51. The zero-order valence-electron chi connectivity index (χ0n) is 35.1. The summed E-state index contributed by atoms with van der Waals surface area (Å²) in [5.74, 6) is 0. The van der Waals surface area contributed by atoms with E-state index < -0.39 is 0 Å². The van der Waals surface area contributed by atoms with Crippen LogP contribution in [0.4, 0.5) is 0 Å². The van der Waals surface area contributed by atoms with Gasteiger partial charge in [0.05, 0.1) is 22.2 Å². The number of para-hydroxylation sites is 2. The first-order chi connectivity index (χ1) is 29.8. The quantitative estimate of drug-likeness (QED) is 0.149. The van der Waals surface area contributed by atoms with Crippen LogP contribution in [0.1, 0.15) is 55.6 Å². The van der Waals surface area contributed by atoms with Gasteiger partial charge in [0.25, 0.3) is 0 Å². The van der Waals surface area contributed by atoms with Crippen LogP contribution in [0, 0.1) is 0 Å². The number of rotatable bonds is 6. The van der Waals surface area contributed by atoms with E-state index in [2.05, 4.69) is 226 Å². The van der Waals surface area contributed by atoms with E-state index in [9.17, 15) is 0 Å². The standard InChI is InChI=1S/C59H46N2/c1-7-19-42-41(8-2)43-22-13-14-23-44(43)48-33-38(28-30-45(42)48)37(4)32-50-52-35-49-46-24-15-17-26-53(46)59(5,6)54(49)36-58(52)61(55(50)9-3)40-29-31-57-51(34-40)47-25-16-18-27-56(47)60(57)39-20-11-10-12-21-39/h7-36H,1,3H2,2,4-6H3/b37-32+,41-8+,42-19+. The van der Waals surface area contributed by atoms with Crippen molar-refractivity contribution in [2.45, 2.75) is 33.1 Å². The zero-order valence-corrected chi connectivity index (χ0v) is 35.1. The molecule has 0 aliphatic heterocycles. The van der Waals surface area contributed by atoms with E-state index in [1.165, 1.54) is 104 Å². The van der Waals surface area contributed by atoms with Crippen LogP contribution in [0.3, 0.4) is 0 Å². The number of nitrogens with zero attached hydrogens (tertiary/aromatic N) is 2. The van der Waals surface area contributed by atoms with Crippen molar-refractivity contribution in [1.29, 1.82) is 0 Å². The lowest BCUT2D eigenvalue weighted by molar-refractivity contribution is 0.661. The molecule has 0 unspecified atom stereocenters. The fourth-order valence-electron chi connectivity index (χ4n) is 10.5. The van der Waals surface area contributed by atoms with Crippen molar-refractivity contribution in [2.24, 2.45) is 0 Å². The molecule has 11 rings (SSSR count). The third kappa shape index (κ3) is 5.35. The van der Waals surface area contributed by atoms with Crippen LogP contribution in [0.15, 0.2) is 171 Å². The number of benzene rings is 8. The molecule has 0 amide bonds. The van der Waals surface area contributed by atoms with Crippen LogP contribution < -0.4 is 10.4 Å². The Hall–Kier alpha value is -7.42. The average molecular weight is 783 g/mol. The van der Waals surface area contributed by atoms with Gasteiger partial charge in [-0.1, -0.05) is 142 Å². The molecule has 1 aliphatic rings. The average Bonchev–Trinajstić information content (AvgIpc) is 3.87. The van der Waals surface area contributed by atoms with Crippen molar-refractivity contribution in [3.05, 3.63) is 209 Å². The highest BCUT2D eigenvalue weighted by molar-refractivity contribution is 6.12. The summed E-state index contributed by atoms with van der Waals surface area (Å²) in [4.78, 5) is 0. The summed E-state index contributed by atoms with van der Waals surface area (Å²) in [5, 5.41) is 11.1. The molecular weight excluding hydrogens is 737 g/mol. The molecule has 61 heavy (non-hydrogen) atoms. The minimum atomic E-state index is -0.145. The van der Waals surface area contributed by atoms with Gasteiger partial charge in [-0.25, -0.2) is 0 Å². The first kappa shape index (κ1) is 36.6. The van der Waals surface area contributed by atoms with Gasteiger partial charge in [0.1, 0.15) is 0 Å². The van der Waals surface area contributed by atoms with Gasteiger partial charge in [0.2, 0.25) is 0 Å². The summed E-state index contributed by atoms with van der Waals surface area (Å²) in [5.41, 5.74) is 15.6. The van der Waals surface area contributed by atoms with E-state index in [1.54, 1.807) is 0 Å². The normalized spacial score (nSPS) is 14.1. The first-order valence-electron chi connectivity index (χ1n) is 21.3. The summed E-state index contributed by atoms with van der Waals surface area (Å²) < 4.78 is 4.83. The summed E-state index contributed by atoms with van der Waals surface area (Å²) >= 11 is 0. The first-order valence-corrected chi connectivity index (χ1v) is 21.3. The molecule has 0 saturated carbocycles. The SMILES string of the molecule is C=C/C=c1\c(=C/C)c2ccccc2c2cc(/C(C)=C/c3c(C=C)n(-c4ccc5c(c4)c4ccccc4n5-c4ccccc4)c4cc5c(cc34)-c3ccccc3C5(C)C)ccc12. The van der Waals surface area contributed by atoms with E-state index >= 15 is 0 Å². The van der Waals surface area contributed by atoms with Crippen molar-refractivity contribution in [1.82, 2.24) is 9.13 Å². The largest absolute Gasteiger partial charge is 0.309 e. The van der Waals surface area contributed by atoms with Crippen molar-refractivity contribution in [2.75, 3.05) is 0 Å². The van der Waals surface area contributed by atoms with Crippen LogP contribution in [0.25, 0.3) is 107 Å². The molecule has 0 fully saturated rings. The predicted molar refractivity (Wildman–Crippen MR) is 264 cm³/mol. The lowest BCUT2D eigenvalue weighted by atomic mass is 9.82. The molecule has 8 aromatic carbocycles. The van der Waals surface area contributed by atoms with E-state index in [4.69, 9.17) is 0 Å². The smallest absolute Gasteiger partial charge is 0.0544 e. The van der Waals surface area contributed by atoms with Crippen LogP contribution in [0.5, 0.6) is 0 Å². The molecule has 0 spiro atoms. The zero-order chi connectivity index (χ0) is 41.6. The van der Waals surface area contributed by atoms with Gasteiger partial charge in [-0.15, -0.1) is 0 Å². The maximum atomic E-state index is 4.50. The molecule has 2 aromatic heterocycles. The number of fused-ring (bicyclic) bond motifs is 10. The minimum Gasteiger partial charge on any atom is -0.309 e. The monoisotopic (exact) mass is 782 g/mol. The molecule has 0 atom stereocenters. The van der Waals surface area contributed by atoms with Gasteiger partial charge >= 0.3 is 0 Å². The van der Waals surface area contributed by atoms with Crippen LogP contribution in [0.2, 0.25) is 0 Å². The van der Waals surface area contributed by atoms with E-state index in [0.29, 0.717) is 0 Å². The van der Waals surface area contributed by atoms with Gasteiger partial charge < -0.3 is 9.13 Å². The fourth-order valence-corrected chi connectivity index (χ4v) is 10.5. The number of hydrogen-bond donors (Lipinski definition) is 0. The Morgan fingerprint density at radius 3 is 2.02 bits per heavy atom. The topological polar surface area (TPSA) is 9.86 Å². The Morgan fingerprint density at radius 1 is 0.525 bits per heavy atom. The van der Waals surface area contributed by atoms with Gasteiger partial charge in [0.15, 0.2) is 0 Å². The highest BCUT2D eigenvalue weighted by Gasteiger charge is 2.36. The number of aromatic nitrogens is 2. The molecular formula is C59H46N2. The third-order valence-corrected chi connectivity index (χ3v) is 13.4. The van der Waals surface area contributed by atoms with Gasteiger partial charge in [-0.05, 0) is 146 Å². The Labute approximate surface area is 356 Å². The molecule has 1 aliphatic carbocycles. The van der Waals surface area contributed by atoms with E-state index in [-0.39, 0.29) is 5.41 Å². The molecule has 0 saturated heterocycles. The Balaban J connectivity index is 1.19. The van der Waals surface area contributed by atoms with Gasteiger partial charge in [-0.2, -0.15) is 0 Å². The fraction of sp³-hybridized carbons (Fsp3) is 0.0847. The second kappa shape index (κ2) is 13.8. The molecule has 0 radical (unpaired) electrons. The third-order valence-electron chi connectivity index (χ3n) is 13.4. The number of allylic oxidation sites excluding steroid dienone is 2. The molecule has 0 bridgehead atoms. The predicted octanol–water partition coefficient (Wildman–Crippen LogP) is 14.3. The highest BCUT2D eigenvalue weighted by atomic mass is 15.0. The lowest BCUT2D eigenvalue weighted by Crippen LogP contribution is -2.26.